The molecule has 0 saturated carbocycles. The smallest absolute Gasteiger partial charge is 0.344 e. The lowest BCUT2D eigenvalue weighted by molar-refractivity contribution is 0.0518. The van der Waals surface area contributed by atoms with Crippen molar-refractivity contribution in [2.75, 3.05) is 31.6 Å². The maximum Gasteiger partial charge on any atom is 0.344 e. The second-order valence-corrected chi connectivity index (χ2v) is 7.50. The Balaban J connectivity index is 1.93. The van der Waals surface area contributed by atoms with Crippen molar-refractivity contribution in [2.24, 2.45) is 0 Å². The van der Waals surface area contributed by atoms with Crippen molar-refractivity contribution in [1.29, 1.82) is 0 Å². The van der Waals surface area contributed by atoms with Crippen LogP contribution in [-0.2, 0) is 10.6 Å². The van der Waals surface area contributed by atoms with Gasteiger partial charge in [-0.15, -0.1) is 0 Å². The minimum absolute atomic E-state index is 0.0473. The monoisotopic (exact) mass is 395 g/mol. The third-order valence-corrected chi connectivity index (χ3v) is 6.18. The minimum Gasteiger partial charge on any atom is -0.462 e. The number of esters is 1. The van der Waals surface area contributed by atoms with Crippen molar-refractivity contribution in [1.82, 2.24) is 9.88 Å². The van der Waals surface area contributed by atoms with Crippen LogP contribution in [0.4, 0.5) is 14.5 Å². The van der Waals surface area contributed by atoms with E-state index in [9.17, 15) is 14.0 Å². The summed E-state index contributed by atoms with van der Waals surface area (Å²) in [6.07, 6.45) is 0.781. The third kappa shape index (κ3) is 2.71. The molecule has 2 aliphatic rings. The molecule has 1 saturated heterocycles. The van der Waals surface area contributed by atoms with E-state index in [1.54, 1.807) is 16.4 Å². The van der Waals surface area contributed by atoms with Crippen molar-refractivity contribution in [2.45, 2.75) is 30.3 Å². The van der Waals surface area contributed by atoms with E-state index in [0.717, 1.165) is 12.5 Å². The van der Waals surface area contributed by atoms with Crippen molar-refractivity contribution in [3.8, 4) is 0 Å². The van der Waals surface area contributed by atoms with Crippen LogP contribution in [0.1, 0.15) is 23.7 Å². The normalized spacial score (nSPS) is 18.5. The summed E-state index contributed by atoms with van der Waals surface area (Å²) in [4.78, 5) is 26.6. The van der Waals surface area contributed by atoms with Crippen molar-refractivity contribution in [3.05, 3.63) is 33.5 Å². The molecule has 0 aliphatic carbocycles. The van der Waals surface area contributed by atoms with Crippen LogP contribution < -0.4 is 15.6 Å². The number of pyridine rings is 1. The Hall–Kier alpha value is -2.13. The molecule has 1 atom stereocenters. The number of aromatic nitrogens is 1. The van der Waals surface area contributed by atoms with E-state index in [1.807, 2.05) is 7.05 Å². The molecule has 9 heteroatoms. The Bertz CT molecular complexity index is 1010. The number of nitrogens with one attached hydrogen (secondary N) is 1. The van der Waals surface area contributed by atoms with Gasteiger partial charge < -0.3 is 19.5 Å². The van der Waals surface area contributed by atoms with E-state index in [0.29, 0.717) is 24.0 Å². The zero-order valence-corrected chi connectivity index (χ0v) is 15.8. The van der Waals surface area contributed by atoms with Crippen LogP contribution in [0.2, 0.25) is 0 Å². The molecule has 0 bridgehead atoms. The number of carbonyl (C=O) groups is 1. The highest BCUT2D eigenvalue weighted by atomic mass is 32.2. The Morgan fingerprint density at radius 2 is 2.22 bits per heavy atom. The molecule has 1 fully saturated rings. The molecule has 2 aliphatic heterocycles. The number of hydrogen-bond donors (Lipinski definition) is 1. The summed E-state index contributed by atoms with van der Waals surface area (Å²) in [5, 5.41) is 3.35. The Morgan fingerprint density at radius 1 is 1.44 bits per heavy atom. The van der Waals surface area contributed by atoms with Gasteiger partial charge in [0, 0.05) is 19.1 Å². The standard InChI is InChI=1S/C18H19F2N3O3S/c1-3-26-18(25)12-16(24)10-6-11(19)15(22-5-4-9(7-22)21-2)13(20)14(10)23-8-27-17(12)23/h6,9,21H,3-5,7-8H2,1-2H3. The summed E-state index contributed by atoms with van der Waals surface area (Å²) in [6.45, 7) is 2.76. The second kappa shape index (κ2) is 6.79. The van der Waals surface area contributed by atoms with Crippen LogP contribution in [0.3, 0.4) is 0 Å². The zero-order chi connectivity index (χ0) is 19.3. The molecule has 27 heavy (non-hydrogen) atoms. The van der Waals surface area contributed by atoms with Crippen molar-refractivity contribution >= 4 is 34.3 Å². The fraction of sp³-hybridized carbons (Fsp3) is 0.444. The Morgan fingerprint density at radius 3 is 2.81 bits per heavy atom. The van der Waals surface area contributed by atoms with Crippen LogP contribution >= 0.6 is 11.8 Å². The van der Waals surface area contributed by atoms with E-state index >= 15 is 4.39 Å². The first-order valence-electron chi connectivity index (χ1n) is 8.78. The minimum atomic E-state index is -0.795. The SMILES string of the molecule is CCOC(=O)c1c2n(c3c(F)c(N4CCC(NC)C4)c(F)cc3c1=O)CS2. The van der Waals surface area contributed by atoms with Crippen LogP contribution in [-0.4, -0.2) is 43.3 Å². The lowest BCUT2D eigenvalue weighted by Crippen LogP contribution is -2.31. The maximum atomic E-state index is 15.4. The molecular weight excluding hydrogens is 376 g/mol. The van der Waals surface area contributed by atoms with Gasteiger partial charge in [-0.05, 0) is 26.5 Å². The van der Waals surface area contributed by atoms with Gasteiger partial charge in [0.1, 0.15) is 17.1 Å². The fourth-order valence-electron chi connectivity index (χ4n) is 3.71. The van der Waals surface area contributed by atoms with E-state index in [4.69, 9.17) is 4.74 Å². The molecule has 0 amide bonds. The quantitative estimate of drug-likeness (QED) is 0.802. The number of hydrogen-bond acceptors (Lipinski definition) is 6. The van der Waals surface area contributed by atoms with Gasteiger partial charge in [-0.25, -0.2) is 13.6 Å². The molecule has 1 unspecified atom stereocenters. The predicted octanol–water partition coefficient (Wildman–Crippen LogP) is 2.32. The first-order chi connectivity index (χ1) is 13.0. The predicted molar refractivity (Wildman–Crippen MR) is 99.6 cm³/mol. The number of anilines is 1. The number of rotatable bonds is 4. The largest absolute Gasteiger partial charge is 0.462 e. The van der Waals surface area contributed by atoms with Gasteiger partial charge in [0.2, 0.25) is 5.43 Å². The van der Waals surface area contributed by atoms with Crippen molar-refractivity contribution in [3.63, 3.8) is 0 Å². The molecule has 1 N–H and O–H groups in total. The number of halogens is 2. The highest BCUT2D eigenvalue weighted by molar-refractivity contribution is 7.99. The number of carbonyl (C=O) groups excluding carboxylic acids is 1. The summed E-state index contributed by atoms with van der Waals surface area (Å²) in [6, 6.07) is 1.20. The second-order valence-electron chi connectivity index (χ2n) is 6.57. The molecule has 2 aromatic rings. The highest BCUT2D eigenvalue weighted by Gasteiger charge is 2.34. The van der Waals surface area contributed by atoms with Gasteiger partial charge in [-0.1, -0.05) is 11.8 Å². The number of likely N-dealkylation sites (N-methyl/N-ethyl adjacent to an activating group) is 1. The first-order valence-corrected chi connectivity index (χ1v) is 9.77. The van der Waals surface area contributed by atoms with E-state index < -0.39 is 23.0 Å². The molecule has 4 rings (SSSR count). The molecule has 144 valence electrons. The van der Waals surface area contributed by atoms with Gasteiger partial charge in [0.25, 0.3) is 0 Å². The average Bonchev–Trinajstić information content (AvgIpc) is 3.08. The number of nitrogens with zero attached hydrogens (tertiary/aromatic N) is 2. The summed E-state index contributed by atoms with van der Waals surface area (Å²) in [5.41, 5.74) is -0.911. The maximum absolute atomic E-state index is 15.4. The first kappa shape index (κ1) is 18.2. The molecule has 0 spiro atoms. The zero-order valence-electron chi connectivity index (χ0n) is 15.0. The molecule has 1 aromatic carbocycles. The number of thioether (sulfide) groups is 1. The molecule has 0 radical (unpaired) electrons. The van der Waals surface area contributed by atoms with Crippen molar-refractivity contribution < 1.29 is 18.3 Å². The average molecular weight is 395 g/mol. The number of benzene rings is 1. The van der Waals surface area contributed by atoms with Gasteiger partial charge in [0.15, 0.2) is 5.82 Å². The van der Waals surface area contributed by atoms with Gasteiger partial charge in [-0.3, -0.25) is 4.79 Å². The number of ether oxygens (including phenoxy) is 1. The van der Waals surface area contributed by atoms with E-state index in [2.05, 4.69) is 5.32 Å². The van der Waals surface area contributed by atoms with Crippen LogP contribution in [0.25, 0.3) is 10.9 Å². The summed E-state index contributed by atoms with van der Waals surface area (Å²) < 4.78 is 36.7. The molecule has 3 heterocycles. The third-order valence-electron chi connectivity index (χ3n) is 5.09. The fourth-order valence-corrected chi connectivity index (χ4v) is 4.63. The van der Waals surface area contributed by atoms with E-state index in [1.165, 1.54) is 11.8 Å². The molecular formula is C18H19F2N3O3S. The Kier molecular flexibility index (Phi) is 4.59. The summed E-state index contributed by atoms with van der Waals surface area (Å²) in [5.74, 6) is -1.92. The van der Waals surface area contributed by atoms with Gasteiger partial charge >= 0.3 is 5.97 Å². The molecule has 6 nitrogen and oxygen atoms in total. The van der Waals surface area contributed by atoms with E-state index in [-0.39, 0.29) is 34.8 Å². The van der Waals surface area contributed by atoms with Crippen LogP contribution in [0.5, 0.6) is 0 Å². The number of fused-ring (bicyclic) bond motifs is 3. The van der Waals surface area contributed by atoms with Gasteiger partial charge in [0.05, 0.1) is 28.4 Å². The highest BCUT2D eigenvalue weighted by Crippen LogP contribution is 2.40. The topological polar surface area (TPSA) is 63.6 Å². The lowest BCUT2D eigenvalue weighted by Gasteiger charge is -2.28. The lowest BCUT2D eigenvalue weighted by atomic mass is 10.1. The summed E-state index contributed by atoms with van der Waals surface area (Å²) in [7, 11) is 1.82. The Labute approximate surface area is 158 Å². The molecule has 1 aromatic heterocycles. The summed E-state index contributed by atoms with van der Waals surface area (Å²) >= 11 is 1.27. The van der Waals surface area contributed by atoms with Crippen LogP contribution in [0.15, 0.2) is 15.9 Å². The van der Waals surface area contributed by atoms with Gasteiger partial charge in [-0.2, -0.15) is 0 Å². The van der Waals surface area contributed by atoms with Crippen LogP contribution in [0, 0.1) is 11.6 Å².